The van der Waals surface area contributed by atoms with Crippen LogP contribution in [0, 0.1) is 5.92 Å². The van der Waals surface area contributed by atoms with Crippen LogP contribution in [0.2, 0.25) is 0 Å². The van der Waals surface area contributed by atoms with E-state index in [9.17, 15) is 0 Å². The van der Waals surface area contributed by atoms with Crippen molar-refractivity contribution in [1.82, 2.24) is 9.97 Å². The molecule has 1 aromatic rings. The van der Waals surface area contributed by atoms with Crippen LogP contribution >= 0.6 is 0 Å². The number of aryl methyl sites for hydroxylation is 1. The van der Waals surface area contributed by atoms with Gasteiger partial charge in [-0.05, 0) is 32.1 Å². The molecular formula is C14H24N4. The van der Waals surface area contributed by atoms with Gasteiger partial charge in [-0.25, -0.2) is 9.97 Å². The Morgan fingerprint density at radius 1 is 1.33 bits per heavy atom. The van der Waals surface area contributed by atoms with Crippen molar-refractivity contribution in [2.24, 2.45) is 5.92 Å². The summed E-state index contributed by atoms with van der Waals surface area (Å²) in [5.41, 5.74) is 5.88. The zero-order chi connectivity index (χ0) is 13.0. The van der Waals surface area contributed by atoms with Crippen LogP contribution < -0.4 is 10.6 Å². The third-order valence-corrected chi connectivity index (χ3v) is 3.66. The van der Waals surface area contributed by atoms with Crippen LogP contribution in [0.25, 0.3) is 0 Å². The van der Waals surface area contributed by atoms with Gasteiger partial charge in [-0.3, -0.25) is 0 Å². The molecule has 2 N–H and O–H groups in total. The topological polar surface area (TPSA) is 55.0 Å². The molecule has 0 saturated heterocycles. The van der Waals surface area contributed by atoms with Gasteiger partial charge < -0.3 is 10.6 Å². The summed E-state index contributed by atoms with van der Waals surface area (Å²) in [6, 6.07) is 1.90. The van der Waals surface area contributed by atoms with Crippen LogP contribution in [0.4, 0.5) is 11.6 Å². The van der Waals surface area contributed by atoms with Gasteiger partial charge in [0.05, 0.1) is 0 Å². The Bertz CT molecular complexity index is 387. The number of hydrogen-bond donors (Lipinski definition) is 1. The van der Waals surface area contributed by atoms with E-state index in [1.54, 1.807) is 0 Å². The lowest BCUT2D eigenvalue weighted by molar-refractivity contribution is 0.318. The molecule has 1 aliphatic rings. The largest absolute Gasteiger partial charge is 0.384 e. The number of nitrogens with two attached hydrogens (primary N) is 1. The van der Waals surface area contributed by atoms with E-state index in [4.69, 9.17) is 5.73 Å². The standard InChI is InChI=1S/C14H24N4/c1-3-6-13-16-12(15)9-14(17-13)18(4-2)10-11-7-5-8-11/h9,11H,3-8,10H2,1-2H3,(H2,15,16,17). The maximum atomic E-state index is 5.88. The van der Waals surface area contributed by atoms with E-state index in [1.165, 1.54) is 19.3 Å². The van der Waals surface area contributed by atoms with Gasteiger partial charge in [0.25, 0.3) is 0 Å². The van der Waals surface area contributed by atoms with E-state index in [0.717, 1.165) is 43.5 Å². The number of rotatable bonds is 6. The second kappa shape index (κ2) is 6.03. The molecule has 0 radical (unpaired) electrons. The van der Waals surface area contributed by atoms with Crippen molar-refractivity contribution in [2.75, 3.05) is 23.7 Å². The van der Waals surface area contributed by atoms with E-state index in [-0.39, 0.29) is 0 Å². The van der Waals surface area contributed by atoms with Crippen molar-refractivity contribution < 1.29 is 0 Å². The Morgan fingerprint density at radius 3 is 2.67 bits per heavy atom. The molecule has 1 aromatic heterocycles. The predicted molar refractivity (Wildman–Crippen MR) is 75.7 cm³/mol. The number of hydrogen-bond acceptors (Lipinski definition) is 4. The monoisotopic (exact) mass is 248 g/mol. The van der Waals surface area contributed by atoms with Crippen LogP contribution in [0.3, 0.4) is 0 Å². The summed E-state index contributed by atoms with van der Waals surface area (Å²) in [5, 5.41) is 0. The van der Waals surface area contributed by atoms with Crippen molar-refractivity contribution >= 4 is 11.6 Å². The van der Waals surface area contributed by atoms with Crippen molar-refractivity contribution in [1.29, 1.82) is 0 Å². The van der Waals surface area contributed by atoms with Crippen molar-refractivity contribution in [2.45, 2.75) is 46.0 Å². The lowest BCUT2D eigenvalue weighted by atomic mass is 9.85. The molecule has 0 aromatic carbocycles. The molecule has 1 fully saturated rings. The summed E-state index contributed by atoms with van der Waals surface area (Å²) in [6.07, 6.45) is 6.06. The average Bonchev–Trinajstić information content (AvgIpc) is 2.27. The van der Waals surface area contributed by atoms with Crippen molar-refractivity contribution in [3.63, 3.8) is 0 Å². The van der Waals surface area contributed by atoms with E-state index < -0.39 is 0 Å². The minimum atomic E-state index is 0.593. The Kier molecular flexibility index (Phi) is 4.39. The molecule has 4 heteroatoms. The summed E-state index contributed by atoms with van der Waals surface area (Å²) >= 11 is 0. The third-order valence-electron chi connectivity index (χ3n) is 3.66. The van der Waals surface area contributed by atoms with Gasteiger partial charge in [-0.2, -0.15) is 0 Å². The summed E-state index contributed by atoms with van der Waals surface area (Å²) in [5.74, 6) is 3.31. The zero-order valence-electron chi connectivity index (χ0n) is 11.5. The van der Waals surface area contributed by atoms with Crippen LogP contribution in [-0.2, 0) is 6.42 Å². The first-order valence-electron chi connectivity index (χ1n) is 7.11. The number of aromatic nitrogens is 2. The maximum Gasteiger partial charge on any atom is 0.134 e. The molecule has 0 aliphatic heterocycles. The van der Waals surface area contributed by atoms with E-state index in [1.807, 2.05) is 6.07 Å². The van der Waals surface area contributed by atoms with Gasteiger partial charge in [0.1, 0.15) is 17.5 Å². The second-order valence-corrected chi connectivity index (χ2v) is 5.15. The molecule has 1 saturated carbocycles. The highest BCUT2D eigenvalue weighted by molar-refractivity contribution is 5.47. The second-order valence-electron chi connectivity index (χ2n) is 5.15. The van der Waals surface area contributed by atoms with E-state index in [0.29, 0.717) is 5.82 Å². The number of nitrogens with zero attached hydrogens (tertiary/aromatic N) is 3. The molecule has 1 heterocycles. The smallest absolute Gasteiger partial charge is 0.134 e. The van der Waals surface area contributed by atoms with Gasteiger partial charge >= 0.3 is 0 Å². The average molecular weight is 248 g/mol. The minimum Gasteiger partial charge on any atom is -0.384 e. The minimum absolute atomic E-state index is 0.593. The fourth-order valence-corrected chi connectivity index (χ4v) is 2.37. The van der Waals surface area contributed by atoms with Crippen molar-refractivity contribution in [3.05, 3.63) is 11.9 Å². The molecule has 1 aliphatic carbocycles. The highest BCUT2D eigenvalue weighted by Gasteiger charge is 2.21. The molecule has 4 nitrogen and oxygen atoms in total. The molecule has 18 heavy (non-hydrogen) atoms. The lowest BCUT2D eigenvalue weighted by Gasteiger charge is -2.32. The first-order chi connectivity index (χ1) is 8.72. The molecule has 0 spiro atoms. The van der Waals surface area contributed by atoms with Gasteiger partial charge in [0.2, 0.25) is 0 Å². The van der Waals surface area contributed by atoms with Crippen LogP contribution in [-0.4, -0.2) is 23.1 Å². The first-order valence-corrected chi connectivity index (χ1v) is 7.11. The Hall–Kier alpha value is -1.32. The van der Waals surface area contributed by atoms with E-state index >= 15 is 0 Å². The summed E-state index contributed by atoms with van der Waals surface area (Å²) in [7, 11) is 0. The Labute approximate surface area is 110 Å². The SMILES string of the molecule is CCCc1nc(N)cc(N(CC)CC2CCC2)n1. The van der Waals surface area contributed by atoms with Crippen LogP contribution in [0.15, 0.2) is 6.07 Å². The molecule has 0 amide bonds. The third kappa shape index (κ3) is 3.12. The highest BCUT2D eigenvalue weighted by Crippen LogP contribution is 2.28. The molecule has 0 bridgehead atoms. The molecule has 100 valence electrons. The quantitative estimate of drug-likeness (QED) is 0.841. The van der Waals surface area contributed by atoms with Gasteiger partial charge in [0, 0.05) is 25.6 Å². The van der Waals surface area contributed by atoms with E-state index in [2.05, 4.69) is 28.7 Å². The normalized spacial score (nSPS) is 15.4. The molecule has 2 rings (SSSR count). The summed E-state index contributed by atoms with van der Waals surface area (Å²) in [4.78, 5) is 11.3. The van der Waals surface area contributed by atoms with Crippen molar-refractivity contribution in [3.8, 4) is 0 Å². The fourth-order valence-electron chi connectivity index (χ4n) is 2.37. The molecular weight excluding hydrogens is 224 g/mol. The summed E-state index contributed by atoms with van der Waals surface area (Å²) in [6.45, 7) is 6.41. The lowest BCUT2D eigenvalue weighted by Crippen LogP contribution is -2.33. The predicted octanol–water partition coefficient (Wildman–Crippen LogP) is 2.64. The van der Waals surface area contributed by atoms with Gasteiger partial charge in [-0.15, -0.1) is 0 Å². The number of anilines is 2. The molecule has 0 unspecified atom stereocenters. The zero-order valence-corrected chi connectivity index (χ0v) is 11.5. The Morgan fingerprint density at radius 2 is 2.11 bits per heavy atom. The summed E-state index contributed by atoms with van der Waals surface area (Å²) < 4.78 is 0. The van der Waals surface area contributed by atoms with Crippen LogP contribution in [0.5, 0.6) is 0 Å². The fraction of sp³-hybridized carbons (Fsp3) is 0.714. The van der Waals surface area contributed by atoms with Gasteiger partial charge in [-0.1, -0.05) is 13.3 Å². The first kappa shape index (κ1) is 13.1. The number of nitrogen functional groups attached to an aromatic ring is 1. The Balaban J connectivity index is 2.12. The van der Waals surface area contributed by atoms with Crippen LogP contribution in [0.1, 0.15) is 45.4 Å². The maximum absolute atomic E-state index is 5.88. The van der Waals surface area contributed by atoms with Gasteiger partial charge in [0.15, 0.2) is 0 Å². The molecule has 0 atom stereocenters. The highest BCUT2D eigenvalue weighted by atomic mass is 15.2.